The zero-order valence-electron chi connectivity index (χ0n) is 19.5. The molecule has 6 aromatic rings. The van der Waals surface area contributed by atoms with E-state index in [4.69, 9.17) is 9.97 Å². The van der Waals surface area contributed by atoms with E-state index in [0.717, 1.165) is 33.8 Å². The molecule has 0 aliphatic rings. The van der Waals surface area contributed by atoms with Crippen molar-refractivity contribution in [3.8, 4) is 44.9 Å². The fourth-order valence-corrected chi connectivity index (χ4v) is 4.64. The molecule has 0 aliphatic carbocycles. The van der Waals surface area contributed by atoms with Crippen LogP contribution >= 0.6 is 0 Å². The first-order valence-corrected chi connectivity index (χ1v) is 11.8. The SMILES string of the molecule is Cc1cccc(-c2cnc(-c3ccccc3)nc2-c2ccc(-c3cccc4ccccc34)cc2)c1. The lowest BCUT2D eigenvalue weighted by molar-refractivity contribution is 1.18. The van der Waals surface area contributed by atoms with Gasteiger partial charge in [-0.05, 0) is 34.4 Å². The summed E-state index contributed by atoms with van der Waals surface area (Å²) < 4.78 is 0. The molecule has 2 nitrogen and oxygen atoms in total. The maximum Gasteiger partial charge on any atom is 0.159 e. The fraction of sp³-hybridized carbons (Fsp3) is 0.0303. The van der Waals surface area contributed by atoms with Gasteiger partial charge in [-0.25, -0.2) is 9.97 Å². The zero-order chi connectivity index (χ0) is 23.6. The van der Waals surface area contributed by atoms with E-state index in [9.17, 15) is 0 Å². The Kier molecular flexibility index (Phi) is 5.40. The Bertz CT molecular complexity index is 1630. The lowest BCUT2D eigenvalue weighted by atomic mass is 9.95. The second-order valence-electron chi connectivity index (χ2n) is 8.80. The molecule has 6 rings (SSSR count). The minimum absolute atomic E-state index is 0.732. The average molecular weight is 449 g/mol. The number of aromatic nitrogens is 2. The predicted molar refractivity (Wildman–Crippen MR) is 146 cm³/mol. The number of nitrogens with zero attached hydrogens (tertiary/aromatic N) is 2. The Labute approximate surface area is 205 Å². The smallest absolute Gasteiger partial charge is 0.159 e. The van der Waals surface area contributed by atoms with E-state index >= 15 is 0 Å². The van der Waals surface area contributed by atoms with Crippen LogP contribution in [0.1, 0.15) is 5.56 Å². The number of rotatable bonds is 4. The van der Waals surface area contributed by atoms with Crippen LogP contribution in [-0.2, 0) is 0 Å². The van der Waals surface area contributed by atoms with Gasteiger partial charge in [-0.1, -0.05) is 127 Å². The van der Waals surface area contributed by atoms with E-state index in [-0.39, 0.29) is 0 Å². The highest BCUT2D eigenvalue weighted by molar-refractivity contribution is 5.97. The third-order valence-electron chi connectivity index (χ3n) is 6.41. The van der Waals surface area contributed by atoms with Crippen molar-refractivity contribution >= 4 is 10.8 Å². The first-order valence-electron chi connectivity index (χ1n) is 11.8. The van der Waals surface area contributed by atoms with Gasteiger partial charge >= 0.3 is 0 Å². The molecule has 0 saturated carbocycles. The molecular weight excluding hydrogens is 424 g/mol. The van der Waals surface area contributed by atoms with E-state index in [0.29, 0.717) is 0 Å². The Morgan fingerprint density at radius 1 is 0.514 bits per heavy atom. The minimum atomic E-state index is 0.732. The van der Waals surface area contributed by atoms with E-state index < -0.39 is 0 Å². The molecule has 166 valence electrons. The van der Waals surface area contributed by atoms with Crippen LogP contribution in [0.2, 0.25) is 0 Å². The maximum atomic E-state index is 5.06. The molecule has 0 unspecified atom stereocenters. The molecule has 0 amide bonds. The molecule has 0 bridgehead atoms. The van der Waals surface area contributed by atoms with Crippen LogP contribution in [0.25, 0.3) is 55.7 Å². The van der Waals surface area contributed by atoms with Crippen molar-refractivity contribution in [3.63, 3.8) is 0 Å². The monoisotopic (exact) mass is 448 g/mol. The molecule has 5 aromatic carbocycles. The number of benzene rings is 5. The highest BCUT2D eigenvalue weighted by Crippen LogP contribution is 2.34. The van der Waals surface area contributed by atoms with Crippen molar-refractivity contribution in [3.05, 3.63) is 133 Å². The summed E-state index contributed by atoms with van der Waals surface area (Å²) >= 11 is 0. The van der Waals surface area contributed by atoms with Crippen molar-refractivity contribution in [2.45, 2.75) is 6.92 Å². The summed E-state index contributed by atoms with van der Waals surface area (Å²) in [6.45, 7) is 2.11. The van der Waals surface area contributed by atoms with Crippen LogP contribution in [0, 0.1) is 6.92 Å². The summed E-state index contributed by atoms with van der Waals surface area (Å²) in [5.74, 6) is 0.732. The van der Waals surface area contributed by atoms with Gasteiger partial charge in [-0.3, -0.25) is 0 Å². The number of aryl methyl sites for hydroxylation is 1. The summed E-state index contributed by atoms with van der Waals surface area (Å²) in [6.07, 6.45) is 1.96. The lowest BCUT2D eigenvalue weighted by Crippen LogP contribution is -1.96. The van der Waals surface area contributed by atoms with Crippen LogP contribution < -0.4 is 0 Å². The Morgan fingerprint density at radius 3 is 2.03 bits per heavy atom. The van der Waals surface area contributed by atoms with Crippen molar-refractivity contribution in [2.75, 3.05) is 0 Å². The van der Waals surface area contributed by atoms with Crippen LogP contribution in [-0.4, -0.2) is 9.97 Å². The molecule has 0 spiro atoms. The van der Waals surface area contributed by atoms with Gasteiger partial charge in [-0.2, -0.15) is 0 Å². The molecule has 1 heterocycles. The standard InChI is InChI=1S/C33H24N2/c1-23-9-7-14-28(21-23)31-22-34-33(27-11-3-2-4-12-27)35-32(31)26-19-17-25(18-20-26)30-16-8-13-24-10-5-6-15-29(24)30/h2-22H,1H3. The van der Waals surface area contributed by atoms with E-state index in [1.165, 1.54) is 27.5 Å². The van der Waals surface area contributed by atoms with E-state index in [1.54, 1.807) is 0 Å². The van der Waals surface area contributed by atoms with Crippen molar-refractivity contribution in [1.82, 2.24) is 9.97 Å². The Hall–Kier alpha value is -4.56. The summed E-state index contributed by atoms with van der Waals surface area (Å²) in [7, 11) is 0. The normalized spacial score (nSPS) is 11.0. The number of hydrogen-bond donors (Lipinski definition) is 0. The van der Waals surface area contributed by atoms with Gasteiger partial charge in [0.1, 0.15) is 0 Å². The van der Waals surface area contributed by atoms with Gasteiger partial charge in [0, 0.05) is 22.9 Å². The zero-order valence-corrected chi connectivity index (χ0v) is 19.5. The molecule has 35 heavy (non-hydrogen) atoms. The highest BCUT2D eigenvalue weighted by Gasteiger charge is 2.14. The van der Waals surface area contributed by atoms with Gasteiger partial charge in [-0.15, -0.1) is 0 Å². The number of fused-ring (bicyclic) bond motifs is 1. The van der Waals surface area contributed by atoms with Gasteiger partial charge in [0.25, 0.3) is 0 Å². The highest BCUT2D eigenvalue weighted by atomic mass is 14.9. The molecule has 0 atom stereocenters. The van der Waals surface area contributed by atoms with Crippen LogP contribution in [0.5, 0.6) is 0 Å². The molecule has 1 aromatic heterocycles. The lowest BCUT2D eigenvalue weighted by Gasteiger charge is -2.13. The van der Waals surface area contributed by atoms with Gasteiger partial charge in [0.05, 0.1) is 5.69 Å². The molecule has 0 fully saturated rings. The van der Waals surface area contributed by atoms with Gasteiger partial charge in [0.15, 0.2) is 5.82 Å². The fourth-order valence-electron chi connectivity index (χ4n) is 4.64. The molecular formula is C33H24N2. The first-order chi connectivity index (χ1) is 17.3. The predicted octanol–water partition coefficient (Wildman–Crippen LogP) is 8.61. The second kappa shape index (κ2) is 9.00. The van der Waals surface area contributed by atoms with Crippen LogP contribution in [0.15, 0.2) is 128 Å². The molecule has 0 N–H and O–H groups in total. The van der Waals surface area contributed by atoms with Crippen molar-refractivity contribution in [1.29, 1.82) is 0 Å². The molecule has 0 saturated heterocycles. The molecule has 2 heteroatoms. The topological polar surface area (TPSA) is 25.8 Å². The second-order valence-corrected chi connectivity index (χ2v) is 8.80. The maximum absolute atomic E-state index is 5.06. The number of hydrogen-bond acceptors (Lipinski definition) is 2. The first kappa shape index (κ1) is 21.0. The third kappa shape index (κ3) is 4.11. The van der Waals surface area contributed by atoms with Crippen LogP contribution in [0.3, 0.4) is 0 Å². The summed E-state index contributed by atoms with van der Waals surface area (Å²) in [5.41, 5.74) is 8.83. The quantitative estimate of drug-likeness (QED) is 0.270. The Balaban J connectivity index is 1.48. The third-order valence-corrected chi connectivity index (χ3v) is 6.41. The van der Waals surface area contributed by atoms with Gasteiger partial charge in [0.2, 0.25) is 0 Å². The molecule has 0 radical (unpaired) electrons. The largest absolute Gasteiger partial charge is 0.236 e. The summed E-state index contributed by atoms with van der Waals surface area (Å²) in [6, 6.07) is 42.4. The summed E-state index contributed by atoms with van der Waals surface area (Å²) in [4.78, 5) is 9.79. The average Bonchev–Trinajstić information content (AvgIpc) is 2.93. The minimum Gasteiger partial charge on any atom is -0.236 e. The Morgan fingerprint density at radius 2 is 1.20 bits per heavy atom. The van der Waals surface area contributed by atoms with Gasteiger partial charge < -0.3 is 0 Å². The van der Waals surface area contributed by atoms with E-state index in [1.807, 2.05) is 24.4 Å². The van der Waals surface area contributed by atoms with Crippen LogP contribution in [0.4, 0.5) is 0 Å². The summed E-state index contributed by atoms with van der Waals surface area (Å²) in [5, 5.41) is 2.51. The van der Waals surface area contributed by atoms with Crippen molar-refractivity contribution < 1.29 is 0 Å². The van der Waals surface area contributed by atoms with Crippen molar-refractivity contribution in [2.24, 2.45) is 0 Å². The molecule has 0 aliphatic heterocycles. The van der Waals surface area contributed by atoms with E-state index in [2.05, 4.69) is 110 Å².